The summed E-state index contributed by atoms with van der Waals surface area (Å²) in [5.74, 6) is 0.241. The van der Waals surface area contributed by atoms with E-state index in [1.807, 2.05) is 30.3 Å². The lowest BCUT2D eigenvalue weighted by atomic mass is 10.3. The molecule has 0 bridgehead atoms. The Balaban J connectivity index is 2.48. The zero-order valence-corrected chi connectivity index (χ0v) is 7.44. The fourth-order valence-corrected chi connectivity index (χ4v) is 1.09. The Morgan fingerprint density at radius 3 is 2.38 bits per heavy atom. The van der Waals surface area contributed by atoms with Crippen LogP contribution in [0.2, 0.25) is 5.15 Å². The zero-order valence-electron chi connectivity index (χ0n) is 6.68. The van der Waals surface area contributed by atoms with Crippen molar-refractivity contribution in [3.63, 3.8) is 0 Å². The first-order valence-corrected chi connectivity index (χ1v) is 4.09. The molecular weight excluding hydrogens is 188 g/mol. The van der Waals surface area contributed by atoms with Crippen LogP contribution < -0.4 is 5.73 Å². The summed E-state index contributed by atoms with van der Waals surface area (Å²) in [6, 6.07) is 9.44. The van der Waals surface area contributed by atoms with Gasteiger partial charge in [0.2, 0.25) is 0 Å². The number of hydrogen-bond donors (Lipinski definition) is 1. The van der Waals surface area contributed by atoms with Crippen molar-refractivity contribution in [3.8, 4) is 5.69 Å². The van der Waals surface area contributed by atoms with Gasteiger partial charge in [0.05, 0.1) is 5.69 Å². The van der Waals surface area contributed by atoms with Crippen molar-refractivity contribution in [1.29, 1.82) is 0 Å². The van der Waals surface area contributed by atoms with Crippen molar-refractivity contribution in [2.24, 2.45) is 0 Å². The summed E-state index contributed by atoms with van der Waals surface area (Å²) < 4.78 is 0. The average molecular weight is 195 g/mol. The molecule has 1 heterocycles. The molecule has 2 rings (SSSR count). The van der Waals surface area contributed by atoms with Gasteiger partial charge < -0.3 is 5.73 Å². The Labute approximate surface area is 79.9 Å². The van der Waals surface area contributed by atoms with Gasteiger partial charge in [-0.25, -0.2) is 0 Å². The molecule has 1 aromatic carbocycles. The van der Waals surface area contributed by atoms with E-state index in [4.69, 9.17) is 17.3 Å². The summed E-state index contributed by atoms with van der Waals surface area (Å²) in [6.07, 6.45) is 0. The lowest BCUT2D eigenvalue weighted by molar-refractivity contribution is 0.755. The molecule has 0 aliphatic rings. The molecule has 0 atom stereocenters. The lowest BCUT2D eigenvalue weighted by Crippen LogP contribution is -1.98. The van der Waals surface area contributed by atoms with E-state index in [1.54, 1.807) is 0 Å². The maximum Gasteiger partial charge on any atom is 0.195 e. The predicted octanol–water partition coefficient (Wildman–Crippen LogP) is 1.50. The van der Waals surface area contributed by atoms with Crippen LogP contribution in [-0.2, 0) is 0 Å². The molecule has 1 aromatic heterocycles. The Bertz CT molecular complexity index is 390. The predicted molar refractivity (Wildman–Crippen MR) is 50.8 cm³/mol. The van der Waals surface area contributed by atoms with Gasteiger partial charge >= 0.3 is 0 Å². The summed E-state index contributed by atoms with van der Waals surface area (Å²) in [4.78, 5) is 1.40. The van der Waals surface area contributed by atoms with E-state index in [9.17, 15) is 0 Å². The van der Waals surface area contributed by atoms with E-state index in [0.29, 0.717) is 0 Å². The van der Waals surface area contributed by atoms with Gasteiger partial charge in [0.25, 0.3) is 0 Å². The second-order valence-corrected chi connectivity index (χ2v) is 2.86. The second-order valence-electron chi connectivity index (χ2n) is 2.50. The molecule has 66 valence electrons. The molecule has 2 aromatic rings. The summed E-state index contributed by atoms with van der Waals surface area (Å²) in [5, 5.41) is 8.08. The van der Waals surface area contributed by atoms with Gasteiger partial charge in [-0.05, 0) is 12.1 Å². The van der Waals surface area contributed by atoms with Crippen LogP contribution in [0, 0.1) is 0 Å². The minimum Gasteiger partial charge on any atom is -0.380 e. The third-order valence-electron chi connectivity index (χ3n) is 1.58. The number of para-hydroxylation sites is 1. The van der Waals surface area contributed by atoms with Gasteiger partial charge in [0.15, 0.2) is 11.0 Å². The van der Waals surface area contributed by atoms with Crippen molar-refractivity contribution < 1.29 is 0 Å². The van der Waals surface area contributed by atoms with Crippen LogP contribution in [-0.4, -0.2) is 15.0 Å². The summed E-state index contributed by atoms with van der Waals surface area (Å²) in [7, 11) is 0. The van der Waals surface area contributed by atoms with E-state index in [0.717, 1.165) is 5.69 Å². The summed E-state index contributed by atoms with van der Waals surface area (Å²) in [6.45, 7) is 0. The number of nitrogens with zero attached hydrogens (tertiary/aromatic N) is 3. The molecule has 0 saturated carbocycles. The van der Waals surface area contributed by atoms with Gasteiger partial charge in [-0.1, -0.05) is 29.8 Å². The molecular formula is C8H7ClN4. The molecule has 2 N–H and O–H groups in total. The first kappa shape index (κ1) is 8.07. The van der Waals surface area contributed by atoms with Crippen molar-refractivity contribution in [2.75, 3.05) is 5.73 Å². The van der Waals surface area contributed by atoms with Crippen LogP contribution in [0.4, 0.5) is 5.82 Å². The summed E-state index contributed by atoms with van der Waals surface area (Å²) in [5.41, 5.74) is 6.29. The fraction of sp³-hybridized carbons (Fsp3) is 0. The lowest BCUT2D eigenvalue weighted by Gasteiger charge is -1.95. The zero-order chi connectivity index (χ0) is 9.26. The number of rotatable bonds is 1. The first-order valence-electron chi connectivity index (χ1n) is 3.71. The molecule has 5 heteroatoms. The topological polar surface area (TPSA) is 56.7 Å². The number of nitrogen functional groups attached to an aromatic ring is 1. The number of halogens is 1. The third kappa shape index (κ3) is 1.48. The highest BCUT2D eigenvalue weighted by Crippen LogP contribution is 2.13. The van der Waals surface area contributed by atoms with Gasteiger partial charge in [0, 0.05) is 0 Å². The molecule has 0 radical (unpaired) electrons. The maximum absolute atomic E-state index is 5.66. The largest absolute Gasteiger partial charge is 0.380 e. The van der Waals surface area contributed by atoms with Crippen molar-refractivity contribution in [3.05, 3.63) is 35.5 Å². The van der Waals surface area contributed by atoms with Crippen molar-refractivity contribution in [2.45, 2.75) is 0 Å². The van der Waals surface area contributed by atoms with Gasteiger partial charge in [-0.2, -0.15) is 0 Å². The van der Waals surface area contributed by atoms with E-state index in [2.05, 4.69) is 10.2 Å². The van der Waals surface area contributed by atoms with Crippen LogP contribution in [0.15, 0.2) is 30.3 Å². The Hall–Kier alpha value is -1.55. The number of aromatic nitrogens is 3. The van der Waals surface area contributed by atoms with Crippen molar-refractivity contribution in [1.82, 2.24) is 15.0 Å². The molecule has 0 unspecified atom stereocenters. The standard InChI is InChI=1S/C8H7ClN4/c9-7-8(10)12-13(11-7)6-4-2-1-3-5-6/h1-5H,(H2,10,12). The Kier molecular flexibility index (Phi) is 1.90. The molecule has 0 fully saturated rings. The molecule has 0 aliphatic carbocycles. The van der Waals surface area contributed by atoms with Crippen LogP contribution >= 0.6 is 11.6 Å². The van der Waals surface area contributed by atoms with Crippen molar-refractivity contribution >= 4 is 17.4 Å². The molecule has 13 heavy (non-hydrogen) atoms. The fourth-order valence-electron chi connectivity index (χ4n) is 0.977. The molecule has 0 saturated heterocycles. The minimum atomic E-state index is 0.226. The van der Waals surface area contributed by atoms with E-state index < -0.39 is 0 Å². The average Bonchev–Trinajstić information content (AvgIpc) is 2.49. The quantitative estimate of drug-likeness (QED) is 0.749. The third-order valence-corrected chi connectivity index (χ3v) is 1.85. The highest BCUT2D eigenvalue weighted by molar-refractivity contribution is 6.31. The minimum absolute atomic E-state index is 0.226. The van der Waals surface area contributed by atoms with E-state index in [-0.39, 0.29) is 11.0 Å². The monoisotopic (exact) mass is 194 g/mol. The molecule has 0 amide bonds. The van der Waals surface area contributed by atoms with E-state index in [1.165, 1.54) is 4.80 Å². The number of nitrogens with two attached hydrogens (primary N) is 1. The Morgan fingerprint density at radius 2 is 1.85 bits per heavy atom. The number of hydrogen-bond acceptors (Lipinski definition) is 3. The smallest absolute Gasteiger partial charge is 0.195 e. The van der Waals surface area contributed by atoms with Gasteiger partial charge in [-0.3, -0.25) is 0 Å². The normalized spacial score (nSPS) is 10.2. The number of benzene rings is 1. The van der Waals surface area contributed by atoms with Crippen LogP contribution in [0.5, 0.6) is 0 Å². The maximum atomic E-state index is 5.66. The molecule has 0 spiro atoms. The van der Waals surface area contributed by atoms with Crippen LogP contribution in [0.1, 0.15) is 0 Å². The van der Waals surface area contributed by atoms with Gasteiger partial charge in [-0.15, -0.1) is 15.0 Å². The highest BCUT2D eigenvalue weighted by atomic mass is 35.5. The highest BCUT2D eigenvalue weighted by Gasteiger charge is 2.04. The molecule has 0 aliphatic heterocycles. The van der Waals surface area contributed by atoms with Crippen LogP contribution in [0.25, 0.3) is 5.69 Å². The summed E-state index contributed by atoms with van der Waals surface area (Å²) >= 11 is 5.66. The Morgan fingerprint density at radius 1 is 1.15 bits per heavy atom. The van der Waals surface area contributed by atoms with Gasteiger partial charge in [0.1, 0.15) is 0 Å². The first-order chi connectivity index (χ1) is 6.27. The SMILES string of the molecule is Nc1nn(-c2ccccc2)nc1Cl. The molecule has 4 nitrogen and oxygen atoms in total. The number of anilines is 1. The van der Waals surface area contributed by atoms with E-state index >= 15 is 0 Å². The second kappa shape index (κ2) is 3.06. The van der Waals surface area contributed by atoms with Crippen LogP contribution in [0.3, 0.4) is 0 Å².